The van der Waals surface area contributed by atoms with Gasteiger partial charge in [-0.2, -0.15) is 0 Å². The Morgan fingerprint density at radius 3 is 2.48 bits per heavy atom. The third-order valence-corrected chi connectivity index (χ3v) is 6.05. The molecule has 2 aromatic carbocycles. The van der Waals surface area contributed by atoms with Crippen LogP contribution in [0.25, 0.3) is 0 Å². The quantitative estimate of drug-likeness (QED) is 0.641. The smallest absolute Gasteiger partial charge is 0.256 e. The Morgan fingerprint density at radius 2 is 1.79 bits per heavy atom. The standard InChI is InChI=1S/C23H22N2O3S/c1-15-10-11-17(16(2)13-15)25-21(26)14-24(18-7-4-5-8-19(18)28-3)23(27)22(25)20-9-6-12-29-20/h4-13,22H,14H2,1-3H3. The molecule has 0 N–H and O–H groups in total. The van der Waals surface area contributed by atoms with Crippen LogP contribution in [0, 0.1) is 13.8 Å². The number of methoxy groups -OCH3 is 1. The molecule has 1 atom stereocenters. The second-order valence-corrected chi connectivity index (χ2v) is 8.05. The number of piperazine rings is 1. The van der Waals surface area contributed by atoms with E-state index in [1.165, 1.54) is 16.2 Å². The van der Waals surface area contributed by atoms with Gasteiger partial charge in [0.2, 0.25) is 5.91 Å². The molecular weight excluding hydrogens is 384 g/mol. The Balaban J connectivity index is 1.83. The lowest BCUT2D eigenvalue weighted by Crippen LogP contribution is -2.56. The molecule has 0 radical (unpaired) electrons. The Kier molecular flexibility index (Phi) is 5.11. The van der Waals surface area contributed by atoms with Crippen molar-refractivity contribution in [3.63, 3.8) is 0 Å². The van der Waals surface area contributed by atoms with E-state index >= 15 is 0 Å². The third-order valence-electron chi connectivity index (χ3n) is 5.12. The summed E-state index contributed by atoms with van der Waals surface area (Å²) in [6.07, 6.45) is 0. The van der Waals surface area contributed by atoms with E-state index in [9.17, 15) is 9.59 Å². The number of benzene rings is 2. The topological polar surface area (TPSA) is 49.9 Å². The molecule has 148 valence electrons. The van der Waals surface area contributed by atoms with Crippen LogP contribution in [0.2, 0.25) is 0 Å². The molecule has 4 rings (SSSR count). The molecule has 1 aliphatic heterocycles. The number of amides is 2. The van der Waals surface area contributed by atoms with Gasteiger partial charge >= 0.3 is 0 Å². The van der Waals surface area contributed by atoms with Crippen LogP contribution in [0.1, 0.15) is 22.0 Å². The van der Waals surface area contributed by atoms with Crippen molar-refractivity contribution in [3.05, 3.63) is 76.0 Å². The maximum atomic E-state index is 13.7. The van der Waals surface area contributed by atoms with Gasteiger partial charge in [-0.05, 0) is 49.1 Å². The van der Waals surface area contributed by atoms with Crippen LogP contribution in [0.3, 0.4) is 0 Å². The normalized spacial score (nSPS) is 17.0. The molecule has 0 spiro atoms. The summed E-state index contributed by atoms with van der Waals surface area (Å²) in [7, 11) is 1.56. The van der Waals surface area contributed by atoms with Crippen LogP contribution in [0.15, 0.2) is 60.0 Å². The van der Waals surface area contributed by atoms with Gasteiger partial charge in [-0.3, -0.25) is 19.4 Å². The Labute approximate surface area is 174 Å². The molecule has 1 aliphatic rings. The number of nitrogens with zero attached hydrogens (tertiary/aromatic N) is 2. The van der Waals surface area contributed by atoms with E-state index in [-0.39, 0.29) is 18.4 Å². The fourth-order valence-corrected chi connectivity index (χ4v) is 4.60. The predicted octanol–water partition coefficient (Wildman–Crippen LogP) is 4.49. The van der Waals surface area contributed by atoms with Crippen LogP contribution in [-0.4, -0.2) is 25.5 Å². The van der Waals surface area contributed by atoms with Crippen molar-refractivity contribution in [1.82, 2.24) is 0 Å². The van der Waals surface area contributed by atoms with Crippen molar-refractivity contribution in [3.8, 4) is 5.75 Å². The number of thiophene rings is 1. The fraction of sp³-hybridized carbons (Fsp3) is 0.217. The van der Waals surface area contributed by atoms with Gasteiger partial charge in [-0.25, -0.2) is 0 Å². The average molecular weight is 407 g/mol. The van der Waals surface area contributed by atoms with Crippen molar-refractivity contribution in [1.29, 1.82) is 0 Å². The molecule has 1 fully saturated rings. The lowest BCUT2D eigenvalue weighted by Gasteiger charge is -2.40. The number of anilines is 2. The molecule has 1 unspecified atom stereocenters. The number of carbonyl (C=O) groups is 2. The zero-order chi connectivity index (χ0) is 20.5. The summed E-state index contributed by atoms with van der Waals surface area (Å²) in [5.74, 6) is 0.302. The maximum absolute atomic E-state index is 13.7. The van der Waals surface area contributed by atoms with Crippen LogP contribution >= 0.6 is 11.3 Å². The molecule has 5 nitrogen and oxygen atoms in total. The zero-order valence-corrected chi connectivity index (χ0v) is 17.4. The first-order valence-corrected chi connectivity index (χ1v) is 10.3. The summed E-state index contributed by atoms with van der Waals surface area (Å²) < 4.78 is 5.44. The largest absolute Gasteiger partial charge is 0.495 e. The van der Waals surface area contributed by atoms with Gasteiger partial charge in [-0.1, -0.05) is 35.9 Å². The van der Waals surface area contributed by atoms with Crippen molar-refractivity contribution in [2.24, 2.45) is 0 Å². The Hall–Kier alpha value is -3.12. The van der Waals surface area contributed by atoms with Crippen molar-refractivity contribution < 1.29 is 14.3 Å². The van der Waals surface area contributed by atoms with E-state index in [0.717, 1.165) is 21.7 Å². The minimum Gasteiger partial charge on any atom is -0.495 e. The molecule has 1 saturated heterocycles. The highest BCUT2D eigenvalue weighted by Crippen LogP contribution is 2.39. The van der Waals surface area contributed by atoms with Gasteiger partial charge in [0, 0.05) is 10.6 Å². The molecule has 1 aromatic heterocycles. The first-order valence-electron chi connectivity index (χ1n) is 9.38. The van der Waals surface area contributed by atoms with Gasteiger partial charge in [-0.15, -0.1) is 11.3 Å². The second-order valence-electron chi connectivity index (χ2n) is 7.07. The van der Waals surface area contributed by atoms with Crippen LogP contribution < -0.4 is 14.5 Å². The summed E-state index contributed by atoms with van der Waals surface area (Å²) in [6.45, 7) is 3.95. The van der Waals surface area contributed by atoms with Crippen molar-refractivity contribution in [2.75, 3.05) is 23.5 Å². The summed E-state index contributed by atoms with van der Waals surface area (Å²) in [6, 6.07) is 16.3. The molecule has 29 heavy (non-hydrogen) atoms. The van der Waals surface area contributed by atoms with Crippen molar-refractivity contribution >= 4 is 34.5 Å². The number of hydrogen-bond acceptors (Lipinski definition) is 4. The lowest BCUT2D eigenvalue weighted by atomic mass is 10.0. The molecule has 0 bridgehead atoms. The van der Waals surface area contributed by atoms with Crippen LogP contribution in [0.5, 0.6) is 5.75 Å². The first-order chi connectivity index (χ1) is 14.0. The lowest BCUT2D eigenvalue weighted by molar-refractivity contribution is -0.128. The number of para-hydroxylation sites is 2. The van der Waals surface area contributed by atoms with E-state index in [1.54, 1.807) is 18.1 Å². The van der Waals surface area contributed by atoms with Crippen LogP contribution in [0.4, 0.5) is 11.4 Å². The van der Waals surface area contributed by atoms with Gasteiger partial charge < -0.3 is 4.74 Å². The van der Waals surface area contributed by atoms with E-state index in [1.807, 2.05) is 67.8 Å². The third kappa shape index (κ3) is 3.40. The molecule has 0 saturated carbocycles. The second kappa shape index (κ2) is 7.72. The average Bonchev–Trinajstić information content (AvgIpc) is 3.24. The molecule has 6 heteroatoms. The Morgan fingerprint density at radius 1 is 1.00 bits per heavy atom. The minimum absolute atomic E-state index is 0.0333. The first kappa shape index (κ1) is 19.2. The molecule has 2 amide bonds. The Bertz CT molecular complexity index is 1060. The van der Waals surface area contributed by atoms with E-state index in [2.05, 4.69) is 0 Å². The monoisotopic (exact) mass is 406 g/mol. The molecule has 3 aromatic rings. The molecule has 0 aliphatic carbocycles. The van der Waals surface area contributed by atoms with E-state index in [4.69, 9.17) is 4.74 Å². The minimum atomic E-state index is -0.706. The fourth-order valence-electron chi connectivity index (χ4n) is 3.79. The summed E-state index contributed by atoms with van der Waals surface area (Å²) in [4.78, 5) is 31.1. The van der Waals surface area contributed by atoms with E-state index < -0.39 is 6.04 Å². The highest BCUT2D eigenvalue weighted by atomic mass is 32.1. The SMILES string of the molecule is COc1ccccc1N1CC(=O)N(c2ccc(C)cc2C)C(c2cccs2)C1=O. The maximum Gasteiger partial charge on any atom is 0.256 e. The molecular formula is C23H22N2O3S. The van der Waals surface area contributed by atoms with E-state index in [0.29, 0.717) is 11.4 Å². The number of carbonyl (C=O) groups excluding carboxylic acids is 2. The van der Waals surface area contributed by atoms with Crippen molar-refractivity contribution in [2.45, 2.75) is 19.9 Å². The van der Waals surface area contributed by atoms with Gasteiger partial charge in [0.25, 0.3) is 5.91 Å². The predicted molar refractivity (Wildman–Crippen MR) is 116 cm³/mol. The number of ether oxygens (including phenoxy) is 1. The highest BCUT2D eigenvalue weighted by molar-refractivity contribution is 7.10. The summed E-state index contributed by atoms with van der Waals surface area (Å²) >= 11 is 1.48. The number of aryl methyl sites for hydroxylation is 2. The van der Waals surface area contributed by atoms with Gasteiger partial charge in [0.05, 0.1) is 12.8 Å². The molecule has 2 heterocycles. The van der Waals surface area contributed by atoms with Gasteiger partial charge in [0.1, 0.15) is 12.3 Å². The number of hydrogen-bond donors (Lipinski definition) is 0. The number of rotatable bonds is 4. The highest BCUT2D eigenvalue weighted by Gasteiger charge is 2.43. The zero-order valence-electron chi connectivity index (χ0n) is 16.6. The van der Waals surface area contributed by atoms with Gasteiger partial charge in [0.15, 0.2) is 6.04 Å². The van der Waals surface area contributed by atoms with Crippen LogP contribution in [-0.2, 0) is 9.59 Å². The summed E-state index contributed by atoms with van der Waals surface area (Å²) in [5.41, 5.74) is 3.46. The summed E-state index contributed by atoms with van der Waals surface area (Å²) in [5, 5.41) is 1.93.